The Hall–Kier alpha value is -1.81. The highest BCUT2D eigenvalue weighted by Gasteiger charge is 2.30. The number of nitrogens with one attached hydrogen (secondary N) is 2. The van der Waals surface area contributed by atoms with Gasteiger partial charge in [0.2, 0.25) is 5.91 Å². The average Bonchev–Trinajstić information content (AvgIpc) is 3.12. The number of nitrogens with zero attached hydrogens (tertiary/aromatic N) is 1. The van der Waals surface area contributed by atoms with Crippen LogP contribution in [0.25, 0.3) is 11.1 Å². The van der Waals surface area contributed by atoms with Gasteiger partial charge in [-0.1, -0.05) is 23.7 Å². The minimum absolute atomic E-state index is 0.0643. The minimum Gasteiger partial charge on any atom is -0.310 e. The molecule has 4 nitrogen and oxygen atoms in total. The smallest absolute Gasteiger partial charge is 0.228 e. The molecule has 5 heteroatoms. The molecular weight excluding hydrogens is 250 g/mol. The predicted molar refractivity (Wildman–Crippen MR) is 70.4 cm³/mol. The van der Waals surface area contributed by atoms with Gasteiger partial charge in [-0.3, -0.25) is 9.89 Å². The molecule has 1 aliphatic carbocycles. The van der Waals surface area contributed by atoms with Crippen molar-refractivity contribution < 1.29 is 4.79 Å². The van der Waals surface area contributed by atoms with Gasteiger partial charge in [-0.25, -0.2) is 0 Å². The van der Waals surface area contributed by atoms with Gasteiger partial charge in [0.25, 0.3) is 0 Å². The zero-order valence-electron chi connectivity index (χ0n) is 9.61. The van der Waals surface area contributed by atoms with Crippen molar-refractivity contribution in [3.05, 3.63) is 35.5 Å². The van der Waals surface area contributed by atoms with Gasteiger partial charge in [0.15, 0.2) is 0 Å². The normalized spacial score (nSPS) is 14.5. The Balaban J connectivity index is 1.86. The van der Waals surface area contributed by atoms with E-state index in [0.29, 0.717) is 10.8 Å². The monoisotopic (exact) mass is 261 g/mol. The van der Waals surface area contributed by atoms with Crippen LogP contribution in [0.3, 0.4) is 0 Å². The number of amides is 1. The molecule has 1 aromatic heterocycles. The lowest BCUT2D eigenvalue weighted by molar-refractivity contribution is -0.117. The van der Waals surface area contributed by atoms with Crippen LogP contribution in [0.2, 0.25) is 5.02 Å². The molecule has 0 aliphatic heterocycles. The SMILES string of the molecule is O=C(Nc1[nH]ncc1-c1ccc(Cl)cc1)C1CC1. The second kappa shape index (κ2) is 4.46. The first kappa shape index (κ1) is 11.3. The van der Waals surface area contributed by atoms with Crippen molar-refractivity contribution in [2.75, 3.05) is 5.32 Å². The van der Waals surface area contributed by atoms with Crippen molar-refractivity contribution in [3.63, 3.8) is 0 Å². The van der Waals surface area contributed by atoms with Gasteiger partial charge in [-0.2, -0.15) is 5.10 Å². The van der Waals surface area contributed by atoms with Crippen molar-refractivity contribution in [3.8, 4) is 11.1 Å². The van der Waals surface area contributed by atoms with E-state index in [-0.39, 0.29) is 11.8 Å². The summed E-state index contributed by atoms with van der Waals surface area (Å²) in [6.45, 7) is 0. The summed E-state index contributed by atoms with van der Waals surface area (Å²) < 4.78 is 0. The third kappa shape index (κ3) is 2.24. The van der Waals surface area contributed by atoms with Crippen molar-refractivity contribution in [1.82, 2.24) is 10.2 Å². The van der Waals surface area contributed by atoms with Gasteiger partial charge in [-0.15, -0.1) is 0 Å². The Morgan fingerprint density at radius 2 is 2.06 bits per heavy atom. The summed E-state index contributed by atoms with van der Waals surface area (Å²) in [5.41, 5.74) is 1.85. The maximum absolute atomic E-state index is 11.7. The number of aromatic nitrogens is 2. The van der Waals surface area contributed by atoms with Crippen LogP contribution >= 0.6 is 11.6 Å². The maximum Gasteiger partial charge on any atom is 0.228 e. The zero-order chi connectivity index (χ0) is 12.5. The fourth-order valence-corrected chi connectivity index (χ4v) is 1.93. The minimum atomic E-state index is 0.0643. The largest absolute Gasteiger partial charge is 0.310 e. The molecule has 3 rings (SSSR count). The van der Waals surface area contributed by atoms with E-state index in [0.717, 1.165) is 24.0 Å². The Bertz CT molecular complexity index is 572. The van der Waals surface area contributed by atoms with E-state index >= 15 is 0 Å². The summed E-state index contributed by atoms with van der Waals surface area (Å²) in [6, 6.07) is 7.44. The molecule has 92 valence electrons. The van der Waals surface area contributed by atoms with Crippen LogP contribution in [0.1, 0.15) is 12.8 Å². The highest BCUT2D eigenvalue weighted by Crippen LogP contribution is 2.32. The molecular formula is C13H12ClN3O. The van der Waals surface area contributed by atoms with E-state index in [1.165, 1.54) is 0 Å². The summed E-state index contributed by atoms with van der Waals surface area (Å²) >= 11 is 5.85. The molecule has 1 amide bonds. The van der Waals surface area contributed by atoms with E-state index in [2.05, 4.69) is 15.5 Å². The first-order valence-corrected chi connectivity index (χ1v) is 6.22. The molecule has 2 aromatic rings. The molecule has 0 bridgehead atoms. The number of carbonyl (C=O) groups is 1. The second-order valence-electron chi connectivity index (χ2n) is 4.43. The topological polar surface area (TPSA) is 57.8 Å². The van der Waals surface area contributed by atoms with Crippen molar-refractivity contribution in [2.45, 2.75) is 12.8 Å². The van der Waals surface area contributed by atoms with Crippen LogP contribution in [-0.4, -0.2) is 16.1 Å². The number of anilines is 1. The molecule has 18 heavy (non-hydrogen) atoms. The lowest BCUT2D eigenvalue weighted by Crippen LogP contribution is -2.14. The van der Waals surface area contributed by atoms with Gasteiger partial charge in [0.05, 0.1) is 6.20 Å². The average molecular weight is 262 g/mol. The summed E-state index contributed by atoms with van der Waals surface area (Å²) in [6.07, 6.45) is 3.66. The molecule has 0 atom stereocenters. The standard InChI is InChI=1S/C13H12ClN3O/c14-10-5-3-8(4-6-10)11-7-15-17-12(11)16-13(18)9-1-2-9/h3-7,9H,1-2H2,(H2,15,16,17,18). The lowest BCUT2D eigenvalue weighted by atomic mass is 10.1. The van der Waals surface area contributed by atoms with Gasteiger partial charge in [-0.05, 0) is 30.5 Å². The molecule has 2 N–H and O–H groups in total. The third-order valence-electron chi connectivity index (χ3n) is 2.99. The third-order valence-corrected chi connectivity index (χ3v) is 3.24. The Morgan fingerprint density at radius 3 is 2.72 bits per heavy atom. The van der Waals surface area contributed by atoms with Crippen LogP contribution in [0.15, 0.2) is 30.5 Å². The molecule has 0 saturated heterocycles. The number of hydrogen-bond acceptors (Lipinski definition) is 2. The number of H-pyrrole nitrogens is 1. The van der Waals surface area contributed by atoms with E-state index in [1.54, 1.807) is 6.20 Å². The quantitative estimate of drug-likeness (QED) is 0.892. The van der Waals surface area contributed by atoms with Crippen molar-refractivity contribution in [2.24, 2.45) is 5.92 Å². The van der Waals surface area contributed by atoms with E-state index in [1.807, 2.05) is 24.3 Å². The molecule has 1 heterocycles. The van der Waals surface area contributed by atoms with Crippen LogP contribution < -0.4 is 5.32 Å². The summed E-state index contributed by atoms with van der Waals surface area (Å²) in [5.74, 6) is 0.884. The summed E-state index contributed by atoms with van der Waals surface area (Å²) in [7, 11) is 0. The Kier molecular flexibility index (Phi) is 2.80. The second-order valence-corrected chi connectivity index (χ2v) is 4.87. The van der Waals surface area contributed by atoms with E-state index < -0.39 is 0 Å². The summed E-state index contributed by atoms with van der Waals surface area (Å²) in [5, 5.41) is 10.4. The Morgan fingerprint density at radius 1 is 1.33 bits per heavy atom. The molecule has 1 fully saturated rings. The molecule has 0 spiro atoms. The maximum atomic E-state index is 11.7. The highest BCUT2D eigenvalue weighted by atomic mass is 35.5. The van der Waals surface area contributed by atoms with Crippen molar-refractivity contribution in [1.29, 1.82) is 0 Å². The van der Waals surface area contributed by atoms with Gasteiger partial charge >= 0.3 is 0 Å². The van der Waals surface area contributed by atoms with Gasteiger partial charge < -0.3 is 5.32 Å². The summed E-state index contributed by atoms with van der Waals surface area (Å²) in [4.78, 5) is 11.7. The molecule has 0 unspecified atom stereocenters. The number of rotatable bonds is 3. The first-order valence-electron chi connectivity index (χ1n) is 5.84. The van der Waals surface area contributed by atoms with E-state index in [9.17, 15) is 4.79 Å². The number of aromatic amines is 1. The number of benzene rings is 1. The number of hydrogen-bond donors (Lipinski definition) is 2. The fraction of sp³-hybridized carbons (Fsp3) is 0.231. The van der Waals surface area contributed by atoms with E-state index in [4.69, 9.17) is 11.6 Å². The first-order chi connectivity index (χ1) is 8.74. The molecule has 1 aliphatic rings. The zero-order valence-corrected chi connectivity index (χ0v) is 10.4. The fourth-order valence-electron chi connectivity index (χ4n) is 1.80. The van der Waals surface area contributed by atoms with Crippen LogP contribution in [0.5, 0.6) is 0 Å². The van der Waals surface area contributed by atoms with Crippen LogP contribution in [0.4, 0.5) is 5.82 Å². The Labute approximate surface area is 109 Å². The van der Waals surface area contributed by atoms with Gasteiger partial charge in [0.1, 0.15) is 5.82 Å². The molecule has 1 aromatic carbocycles. The molecule has 0 radical (unpaired) electrons. The van der Waals surface area contributed by atoms with Crippen LogP contribution in [0, 0.1) is 5.92 Å². The molecule has 1 saturated carbocycles. The van der Waals surface area contributed by atoms with Gasteiger partial charge in [0, 0.05) is 16.5 Å². The highest BCUT2D eigenvalue weighted by molar-refractivity contribution is 6.30. The lowest BCUT2D eigenvalue weighted by Gasteiger charge is -2.05. The number of carbonyl (C=O) groups excluding carboxylic acids is 1. The van der Waals surface area contributed by atoms with Crippen molar-refractivity contribution >= 4 is 23.3 Å². The predicted octanol–water partition coefficient (Wildman–Crippen LogP) is 3.08. The van der Waals surface area contributed by atoms with Crippen LogP contribution in [-0.2, 0) is 4.79 Å². The number of halogens is 1.